The zero-order chi connectivity index (χ0) is 16.2. The molecule has 0 spiro atoms. The number of methoxy groups -OCH3 is 1. The van der Waals surface area contributed by atoms with Crippen LogP contribution in [0.1, 0.15) is 25.3 Å². The maximum atomic E-state index is 5.84. The predicted octanol–water partition coefficient (Wildman–Crippen LogP) is 0.595. The van der Waals surface area contributed by atoms with Crippen LogP contribution in [0.4, 0.5) is 0 Å². The minimum Gasteiger partial charge on any atom is -0.493 e. The van der Waals surface area contributed by atoms with Crippen molar-refractivity contribution in [3.05, 3.63) is 29.8 Å². The van der Waals surface area contributed by atoms with Crippen molar-refractivity contribution in [3.8, 4) is 11.5 Å². The lowest BCUT2D eigenvalue weighted by atomic mass is 10.2. The van der Waals surface area contributed by atoms with E-state index in [0.29, 0.717) is 0 Å². The molecule has 0 heterocycles. The number of nitrogens with two attached hydrogens (primary N) is 1. The second-order valence-corrected chi connectivity index (χ2v) is 5.79. The van der Waals surface area contributed by atoms with E-state index < -0.39 is 0 Å². The molecule has 0 unspecified atom stereocenters. The van der Waals surface area contributed by atoms with Crippen molar-refractivity contribution in [2.45, 2.75) is 19.8 Å². The molecule has 0 fully saturated rings. The van der Waals surface area contributed by atoms with Gasteiger partial charge in [-0.15, -0.1) is 0 Å². The first-order valence-corrected chi connectivity index (χ1v) is 8.21. The highest BCUT2D eigenvalue weighted by molar-refractivity contribution is 5.55. The van der Waals surface area contributed by atoms with Crippen LogP contribution in [-0.4, -0.2) is 47.4 Å². The average molecular weight is 308 g/mol. The standard InChI is InChI=1S/C18H30N2O2/c1-5-8-16-9-10-17(18(15-16)21-4)22-14-7-6-11-19-12-13-20(2)3/h5,8-10,15,19H,6-7,11-14H2,1-4H3/p+2/b8-5+. The molecule has 4 nitrogen and oxygen atoms in total. The number of allylic oxidation sites excluding steroid dienone is 1. The number of unbranched alkanes of at least 4 members (excludes halogenated alkanes) is 1. The Morgan fingerprint density at radius 1 is 1.14 bits per heavy atom. The molecule has 0 radical (unpaired) electrons. The quantitative estimate of drug-likeness (QED) is 0.588. The molecular weight excluding hydrogens is 276 g/mol. The van der Waals surface area contributed by atoms with Crippen molar-refractivity contribution in [2.24, 2.45) is 0 Å². The number of likely N-dealkylation sites (N-methyl/N-ethyl adjacent to an activating group) is 1. The number of hydrogen-bond donors (Lipinski definition) is 2. The van der Waals surface area contributed by atoms with Crippen molar-refractivity contribution >= 4 is 6.08 Å². The molecule has 0 bridgehead atoms. The summed E-state index contributed by atoms with van der Waals surface area (Å²) in [6.07, 6.45) is 6.33. The summed E-state index contributed by atoms with van der Waals surface area (Å²) < 4.78 is 11.2. The maximum absolute atomic E-state index is 5.84. The number of quaternary nitrogens is 2. The SMILES string of the molecule is C/C=C/c1ccc(OCCCC[NH2+]CC[NH+](C)C)c(OC)c1. The van der Waals surface area contributed by atoms with Gasteiger partial charge in [0.1, 0.15) is 13.1 Å². The normalized spacial score (nSPS) is 11.3. The molecule has 1 rings (SSSR count). The Balaban J connectivity index is 2.24. The molecule has 1 aromatic rings. The highest BCUT2D eigenvalue weighted by atomic mass is 16.5. The molecule has 22 heavy (non-hydrogen) atoms. The average Bonchev–Trinajstić information content (AvgIpc) is 2.50. The van der Waals surface area contributed by atoms with E-state index in [9.17, 15) is 0 Å². The van der Waals surface area contributed by atoms with Crippen molar-refractivity contribution < 1.29 is 19.7 Å². The van der Waals surface area contributed by atoms with E-state index in [1.54, 1.807) is 7.11 Å². The van der Waals surface area contributed by atoms with Gasteiger partial charge in [0.05, 0.1) is 34.4 Å². The van der Waals surface area contributed by atoms with Gasteiger partial charge in [-0.2, -0.15) is 0 Å². The molecule has 4 heteroatoms. The van der Waals surface area contributed by atoms with Gasteiger partial charge in [0, 0.05) is 0 Å². The van der Waals surface area contributed by atoms with E-state index in [2.05, 4.69) is 31.6 Å². The van der Waals surface area contributed by atoms with Gasteiger partial charge in [-0.25, -0.2) is 0 Å². The lowest BCUT2D eigenvalue weighted by Gasteiger charge is -2.11. The van der Waals surface area contributed by atoms with E-state index in [-0.39, 0.29) is 0 Å². The molecule has 0 saturated heterocycles. The summed E-state index contributed by atoms with van der Waals surface area (Å²) in [6.45, 7) is 6.34. The number of rotatable bonds is 11. The van der Waals surface area contributed by atoms with Crippen LogP contribution in [0, 0.1) is 0 Å². The third-order valence-corrected chi connectivity index (χ3v) is 3.46. The van der Waals surface area contributed by atoms with Crippen LogP contribution in [0.25, 0.3) is 6.08 Å². The third-order valence-electron chi connectivity index (χ3n) is 3.46. The zero-order valence-electron chi connectivity index (χ0n) is 14.5. The molecule has 0 atom stereocenters. The molecule has 0 aliphatic carbocycles. The highest BCUT2D eigenvalue weighted by Gasteiger charge is 2.04. The minimum atomic E-state index is 0.742. The highest BCUT2D eigenvalue weighted by Crippen LogP contribution is 2.28. The molecule has 3 N–H and O–H groups in total. The number of benzene rings is 1. The largest absolute Gasteiger partial charge is 0.493 e. The summed E-state index contributed by atoms with van der Waals surface area (Å²) >= 11 is 0. The van der Waals surface area contributed by atoms with Crippen molar-refractivity contribution in [1.29, 1.82) is 0 Å². The third kappa shape index (κ3) is 7.48. The Bertz CT molecular complexity index is 445. The second kappa shape index (κ2) is 11.1. The van der Waals surface area contributed by atoms with Gasteiger partial charge in [-0.3, -0.25) is 0 Å². The number of nitrogens with one attached hydrogen (secondary N) is 1. The lowest BCUT2D eigenvalue weighted by Crippen LogP contribution is -3.09. The minimum absolute atomic E-state index is 0.742. The molecule has 0 aliphatic rings. The first-order chi connectivity index (χ1) is 10.7. The van der Waals surface area contributed by atoms with Crippen molar-refractivity contribution in [3.63, 3.8) is 0 Å². The van der Waals surface area contributed by atoms with Crippen LogP contribution < -0.4 is 19.7 Å². The van der Waals surface area contributed by atoms with Gasteiger partial charge < -0.3 is 19.7 Å². The van der Waals surface area contributed by atoms with Crippen LogP contribution in [0.15, 0.2) is 24.3 Å². The van der Waals surface area contributed by atoms with Crippen molar-refractivity contribution in [1.82, 2.24) is 0 Å². The first kappa shape index (κ1) is 18.5. The van der Waals surface area contributed by atoms with Crippen LogP contribution in [0.5, 0.6) is 11.5 Å². The smallest absolute Gasteiger partial charge is 0.161 e. The molecule has 0 aromatic heterocycles. The Labute approximate surface area is 135 Å². The summed E-state index contributed by atoms with van der Waals surface area (Å²) in [5.74, 6) is 1.63. The summed E-state index contributed by atoms with van der Waals surface area (Å²) in [5, 5.41) is 2.39. The van der Waals surface area contributed by atoms with E-state index in [1.165, 1.54) is 31.0 Å². The maximum Gasteiger partial charge on any atom is 0.161 e. The van der Waals surface area contributed by atoms with E-state index >= 15 is 0 Å². The fraction of sp³-hybridized carbons (Fsp3) is 0.556. The summed E-state index contributed by atoms with van der Waals surface area (Å²) in [5.41, 5.74) is 1.13. The van der Waals surface area contributed by atoms with Gasteiger partial charge in [-0.1, -0.05) is 18.2 Å². The Hall–Kier alpha value is -1.52. The van der Waals surface area contributed by atoms with Gasteiger partial charge in [0.2, 0.25) is 0 Å². The van der Waals surface area contributed by atoms with E-state index in [4.69, 9.17) is 9.47 Å². The van der Waals surface area contributed by atoms with Gasteiger partial charge in [0.25, 0.3) is 0 Å². The molecule has 0 aliphatic heterocycles. The monoisotopic (exact) mass is 308 g/mol. The number of ether oxygens (including phenoxy) is 2. The summed E-state index contributed by atoms with van der Waals surface area (Å²) in [7, 11) is 6.07. The van der Waals surface area contributed by atoms with E-state index in [0.717, 1.165) is 30.1 Å². The van der Waals surface area contributed by atoms with Gasteiger partial charge in [-0.05, 0) is 37.5 Å². The van der Waals surface area contributed by atoms with E-state index in [1.807, 2.05) is 25.1 Å². The van der Waals surface area contributed by atoms with Crippen LogP contribution in [0.2, 0.25) is 0 Å². The van der Waals surface area contributed by atoms with Crippen molar-refractivity contribution in [2.75, 3.05) is 47.4 Å². The van der Waals surface area contributed by atoms with Crippen LogP contribution >= 0.6 is 0 Å². The number of hydrogen-bond acceptors (Lipinski definition) is 2. The lowest BCUT2D eigenvalue weighted by molar-refractivity contribution is -0.874. The van der Waals surface area contributed by atoms with Crippen LogP contribution in [-0.2, 0) is 0 Å². The Morgan fingerprint density at radius 3 is 2.64 bits per heavy atom. The summed E-state index contributed by atoms with van der Waals surface area (Å²) in [6, 6.07) is 6.04. The predicted molar refractivity (Wildman–Crippen MR) is 91.8 cm³/mol. The fourth-order valence-electron chi connectivity index (χ4n) is 2.21. The Morgan fingerprint density at radius 2 is 1.95 bits per heavy atom. The molecule has 0 amide bonds. The van der Waals surface area contributed by atoms with Gasteiger partial charge >= 0.3 is 0 Å². The zero-order valence-corrected chi connectivity index (χ0v) is 14.5. The first-order valence-electron chi connectivity index (χ1n) is 8.21. The topological polar surface area (TPSA) is 39.5 Å². The molecular formula is C18H32N2O2+2. The summed E-state index contributed by atoms with van der Waals surface area (Å²) in [4.78, 5) is 1.51. The Kier molecular flexibility index (Phi) is 9.35. The second-order valence-electron chi connectivity index (χ2n) is 5.79. The molecule has 1 aromatic carbocycles. The molecule has 124 valence electrons. The molecule has 0 saturated carbocycles. The fourth-order valence-corrected chi connectivity index (χ4v) is 2.21. The van der Waals surface area contributed by atoms with Crippen LogP contribution in [0.3, 0.4) is 0 Å². The van der Waals surface area contributed by atoms with Gasteiger partial charge in [0.15, 0.2) is 11.5 Å².